The summed E-state index contributed by atoms with van der Waals surface area (Å²) in [6.07, 6.45) is 3.97. The topological polar surface area (TPSA) is 45.2 Å². The van der Waals surface area contributed by atoms with E-state index < -0.39 is 0 Å². The third-order valence-corrected chi connectivity index (χ3v) is 5.24. The van der Waals surface area contributed by atoms with Crippen molar-refractivity contribution in [3.63, 3.8) is 0 Å². The second-order valence-electron chi connectivity index (χ2n) is 6.20. The van der Waals surface area contributed by atoms with Crippen LogP contribution in [0.5, 0.6) is 0 Å². The van der Waals surface area contributed by atoms with Gasteiger partial charge in [0.15, 0.2) is 0 Å². The molecule has 1 aliphatic heterocycles. The third-order valence-electron chi connectivity index (χ3n) is 4.19. The van der Waals surface area contributed by atoms with Gasteiger partial charge in [0, 0.05) is 18.7 Å². The minimum atomic E-state index is -0.0144. The van der Waals surface area contributed by atoms with E-state index in [4.69, 9.17) is 0 Å². The lowest BCUT2D eigenvalue weighted by atomic mass is 10.2. The van der Waals surface area contributed by atoms with Crippen molar-refractivity contribution < 1.29 is 4.79 Å². The van der Waals surface area contributed by atoms with E-state index in [-0.39, 0.29) is 5.91 Å². The second-order valence-corrected chi connectivity index (χ2v) is 7.23. The summed E-state index contributed by atoms with van der Waals surface area (Å²) in [7, 11) is 0. The number of benzene rings is 1. The normalized spacial score (nSPS) is 18.2. The van der Waals surface area contributed by atoms with Gasteiger partial charge in [-0.2, -0.15) is 0 Å². The molecule has 1 aromatic heterocycles. The Balaban J connectivity index is 1.45. The van der Waals surface area contributed by atoms with Crippen molar-refractivity contribution >= 4 is 17.2 Å². The van der Waals surface area contributed by atoms with E-state index in [0.29, 0.717) is 4.88 Å². The first-order valence-corrected chi connectivity index (χ1v) is 9.06. The molecule has 1 N–H and O–H groups in total. The molecule has 2 aromatic rings. The predicted octanol–water partition coefficient (Wildman–Crippen LogP) is 3.27. The Morgan fingerprint density at radius 1 is 1.39 bits per heavy atom. The Labute approximate surface area is 141 Å². The van der Waals surface area contributed by atoms with E-state index in [0.717, 1.165) is 36.0 Å². The summed E-state index contributed by atoms with van der Waals surface area (Å²) in [6, 6.07) is 9.96. The first kappa shape index (κ1) is 16.1. The van der Waals surface area contributed by atoms with E-state index in [1.807, 2.05) is 30.3 Å². The van der Waals surface area contributed by atoms with Crippen LogP contribution >= 0.6 is 11.3 Å². The van der Waals surface area contributed by atoms with E-state index >= 15 is 0 Å². The summed E-state index contributed by atoms with van der Waals surface area (Å²) in [5, 5.41) is 3.89. The SMILES string of the molecule is CC1CCN(CCCNC(=O)c2cnc(-c3ccccc3)s2)C1. The number of hydrogen-bond acceptors (Lipinski definition) is 4. The number of nitrogens with one attached hydrogen (secondary N) is 1. The number of amides is 1. The second kappa shape index (κ2) is 7.70. The minimum Gasteiger partial charge on any atom is -0.351 e. The quantitative estimate of drug-likeness (QED) is 0.827. The van der Waals surface area contributed by atoms with Crippen LogP contribution in [0.25, 0.3) is 10.6 Å². The van der Waals surface area contributed by atoms with Gasteiger partial charge in [-0.1, -0.05) is 37.3 Å². The van der Waals surface area contributed by atoms with Crippen molar-refractivity contribution in [2.45, 2.75) is 19.8 Å². The maximum Gasteiger partial charge on any atom is 0.263 e. The largest absolute Gasteiger partial charge is 0.351 e. The van der Waals surface area contributed by atoms with E-state index in [1.165, 1.54) is 30.8 Å². The molecule has 1 aromatic carbocycles. The lowest BCUT2D eigenvalue weighted by Crippen LogP contribution is -2.28. The summed E-state index contributed by atoms with van der Waals surface area (Å²) >= 11 is 1.44. The summed E-state index contributed by atoms with van der Waals surface area (Å²) in [6.45, 7) is 6.49. The van der Waals surface area contributed by atoms with Crippen LogP contribution in [0.15, 0.2) is 36.5 Å². The van der Waals surface area contributed by atoms with Gasteiger partial charge in [0.1, 0.15) is 9.88 Å². The highest BCUT2D eigenvalue weighted by Gasteiger charge is 2.17. The van der Waals surface area contributed by atoms with Crippen LogP contribution in [0.2, 0.25) is 0 Å². The van der Waals surface area contributed by atoms with Crippen LogP contribution in [-0.4, -0.2) is 42.0 Å². The smallest absolute Gasteiger partial charge is 0.263 e. The van der Waals surface area contributed by atoms with Gasteiger partial charge in [0.05, 0.1) is 6.20 Å². The molecule has 3 rings (SSSR count). The highest BCUT2D eigenvalue weighted by atomic mass is 32.1. The zero-order valence-corrected chi connectivity index (χ0v) is 14.3. The molecule has 122 valence electrons. The van der Waals surface area contributed by atoms with E-state index in [1.54, 1.807) is 6.20 Å². The summed E-state index contributed by atoms with van der Waals surface area (Å²) in [5.41, 5.74) is 1.06. The fourth-order valence-electron chi connectivity index (χ4n) is 2.91. The van der Waals surface area contributed by atoms with E-state index in [2.05, 4.69) is 22.1 Å². The number of rotatable bonds is 6. The van der Waals surface area contributed by atoms with Gasteiger partial charge in [0.2, 0.25) is 0 Å². The van der Waals surface area contributed by atoms with Crippen molar-refractivity contribution in [2.75, 3.05) is 26.2 Å². The Bertz CT molecular complexity index is 641. The van der Waals surface area contributed by atoms with Crippen molar-refractivity contribution in [3.05, 3.63) is 41.4 Å². The van der Waals surface area contributed by atoms with Crippen LogP contribution < -0.4 is 5.32 Å². The molecule has 1 unspecified atom stereocenters. The number of hydrogen-bond donors (Lipinski definition) is 1. The highest BCUT2D eigenvalue weighted by molar-refractivity contribution is 7.16. The van der Waals surface area contributed by atoms with Gasteiger partial charge in [-0.3, -0.25) is 4.79 Å². The Morgan fingerprint density at radius 2 is 2.22 bits per heavy atom. The zero-order valence-electron chi connectivity index (χ0n) is 13.5. The number of carbonyl (C=O) groups is 1. The van der Waals surface area contributed by atoms with Gasteiger partial charge < -0.3 is 10.2 Å². The standard InChI is InChI=1S/C18H23N3OS/c1-14-8-11-21(13-14)10-5-9-19-17(22)16-12-20-18(23-16)15-6-3-2-4-7-15/h2-4,6-7,12,14H,5,8-11,13H2,1H3,(H,19,22). The van der Waals surface area contributed by atoms with Crippen LogP contribution in [0.4, 0.5) is 0 Å². The van der Waals surface area contributed by atoms with Gasteiger partial charge in [0.25, 0.3) is 5.91 Å². The third kappa shape index (κ3) is 4.39. The molecule has 4 nitrogen and oxygen atoms in total. The molecule has 0 bridgehead atoms. The molecule has 1 aliphatic rings. The van der Waals surface area contributed by atoms with Crippen LogP contribution in [0, 0.1) is 5.92 Å². The highest BCUT2D eigenvalue weighted by Crippen LogP contribution is 2.24. The average molecular weight is 329 g/mol. The molecule has 0 radical (unpaired) electrons. The number of carbonyl (C=O) groups excluding carboxylic acids is 1. The molecule has 23 heavy (non-hydrogen) atoms. The Morgan fingerprint density at radius 3 is 2.96 bits per heavy atom. The lowest BCUT2D eigenvalue weighted by Gasteiger charge is -2.14. The van der Waals surface area contributed by atoms with Gasteiger partial charge in [-0.25, -0.2) is 4.98 Å². The first-order valence-electron chi connectivity index (χ1n) is 8.24. The van der Waals surface area contributed by atoms with Crippen LogP contribution in [-0.2, 0) is 0 Å². The molecule has 0 aliphatic carbocycles. The molecule has 1 fully saturated rings. The van der Waals surface area contributed by atoms with Crippen molar-refractivity contribution in [3.8, 4) is 10.6 Å². The molecular formula is C18H23N3OS. The maximum atomic E-state index is 12.2. The summed E-state index contributed by atoms with van der Waals surface area (Å²) in [5.74, 6) is 0.803. The average Bonchev–Trinajstić information content (AvgIpc) is 3.21. The van der Waals surface area contributed by atoms with Gasteiger partial charge in [-0.15, -0.1) is 11.3 Å². The fraction of sp³-hybridized carbons (Fsp3) is 0.444. The first-order chi connectivity index (χ1) is 11.2. The summed E-state index contributed by atoms with van der Waals surface area (Å²) in [4.78, 5) is 19.7. The van der Waals surface area contributed by atoms with E-state index in [9.17, 15) is 4.79 Å². The number of aromatic nitrogens is 1. The predicted molar refractivity (Wildman–Crippen MR) is 94.7 cm³/mol. The molecule has 1 saturated heterocycles. The number of likely N-dealkylation sites (tertiary alicyclic amines) is 1. The molecule has 1 atom stereocenters. The Hall–Kier alpha value is -1.72. The minimum absolute atomic E-state index is 0.0144. The molecule has 1 amide bonds. The summed E-state index contributed by atoms with van der Waals surface area (Å²) < 4.78 is 0. The zero-order chi connectivity index (χ0) is 16.1. The maximum absolute atomic E-state index is 12.2. The number of thiazole rings is 1. The molecule has 0 spiro atoms. The number of nitrogens with zero attached hydrogens (tertiary/aromatic N) is 2. The van der Waals surface area contributed by atoms with Gasteiger partial charge in [-0.05, 0) is 31.8 Å². The fourth-order valence-corrected chi connectivity index (χ4v) is 3.75. The van der Waals surface area contributed by atoms with Crippen molar-refractivity contribution in [1.29, 1.82) is 0 Å². The Kier molecular flexibility index (Phi) is 5.41. The molecule has 0 saturated carbocycles. The van der Waals surface area contributed by atoms with Crippen LogP contribution in [0.1, 0.15) is 29.4 Å². The van der Waals surface area contributed by atoms with Crippen molar-refractivity contribution in [2.24, 2.45) is 5.92 Å². The lowest BCUT2D eigenvalue weighted by molar-refractivity contribution is 0.0956. The van der Waals surface area contributed by atoms with Crippen molar-refractivity contribution in [1.82, 2.24) is 15.2 Å². The molecular weight excluding hydrogens is 306 g/mol. The molecule has 2 heterocycles. The molecule has 5 heteroatoms. The monoisotopic (exact) mass is 329 g/mol. The van der Waals surface area contributed by atoms with Gasteiger partial charge >= 0.3 is 0 Å². The van der Waals surface area contributed by atoms with Crippen LogP contribution in [0.3, 0.4) is 0 Å².